The third-order valence-corrected chi connectivity index (χ3v) is 9.29. The van der Waals surface area contributed by atoms with Crippen LogP contribution in [-0.4, -0.2) is 68.5 Å². The van der Waals surface area contributed by atoms with E-state index in [9.17, 15) is 19.4 Å². The first-order valence-corrected chi connectivity index (χ1v) is 20.8. The minimum absolute atomic E-state index is 0.00457. The minimum atomic E-state index is -4.58. The summed E-state index contributed by atoms with van der Waals surface area (Å²) < 4.78 is 23.1. The molecule has 2 N–H and O–H groups in total. The number of aliphatic hydroxyl groups excluding tert-OH is 1. The summed E-state index contributed by atoms with van der Waals surface area (Å²) in [5.74, 6) is -0.216. The molecule has 0 saturated heterocycles. The molecule has 0 aliphatic rings. The van der Waals surface area contributed by atoms with Gasteiger partial charge in [-0.15, -0.1) is 0 Å². The maximum atomic E-state index is 12.8. The third-order valence-electron chi connectivity index (χ3n) is 8.33. The molecule has 3 unspecified atom stereocenters. The molecule has 0 rings (SSSR count). The van der Waals surface area contributed by atoms with Gasteiger partial charge in [0, 0.05) is 6.42 Å². The zero-order chi connectivity index (χ0) is 35.8. The van der Waals surface area contributed by atoms with Gasteiger partial charge in [-0.05, 0) is 44.9 Å². The van der Waals surface area contributed by atoms with Crippen molar-refractivity contribution in [2.45, 2.75) is 167 Å². The molecule has 0 aliphatic heterocycles. The second-order valence-corrected chi connectivity index (χ2v) is 15.7. The molecule has 0 bridgehead atoms. The smallest absolute Gasteiger partial charge is 0.268 e. The number of nitrogens with zero attached hydrogens (tertiary/aromatic N) is 1. The number of aliphatic hydroxyl groups is 1. The highest BCUT2D eigenvalue weighted by Crippen LogP contribution is 2.38. The fraction of sp³-hybridized carbons (Fsp3) is 0.821. The van der Waals surface area contributed by atoms with Crippen LogP contribution in [0.5, 0.6) is 0 Å². The number of amides is 1. The van der Waals surface area contributed by atoms with Gasteiger partial charge in [0.1, 0.15) is 13.2 Å². The minimum Gasteiger partial charge on any atom is -0.756 e. The molecule has 0 aromatic rings. The van der Waals surface area contributed by atoms with E-state index in [4.69, 9.17) is 9.05 Å². The Morgan fingerprint density at radius 1 is 0.729 bits per heavy atom. The lowest BCUT2D eigenvalue weighted by Crippen LogP contribution is -2.45. The molecule has 9 heteroatoms. The molecule has 0 aromatic heterocycles. The van der Waals surface area contributed by atoms with Gasteiger partial charge in [-0.2, -0.15) is 0 Å². The van der Waals surface area contributed by atoms with Crippen molar-refractivity contribution in [1.82, 2.24) is 5.32 Å². The number of quaternary nitrogens is 1. The number of unbranched alkanes of at least 4 members (excludes halogenated alkanes) is 17. The molecule has 0 heterocycles. The van der Waals surface area contributed by atoms with Gasteiger partial charge < -0.3 is 28.8 Å². The Labute approximate surface area is 296 Å². The molecule has 0 saturated carbocycles. The third kappa shape index (κ3) is 33.2. The predicted octanol–water partition coefficient (Wildman–Crippen LogP) is 9.33. The van der Waals surface area contributed by atoms with E-state index in [0.717, 1.165) is 70.6 Å². The van der Waals surface area contributed by atoms with Gasteiger partial charge in [0.25, 0.3) is 7.82 Å². The van der Waals surface area contributed by atoms with Crippen LogP contribution in [0, 0.1) is 0 Å². The summed E-state index contributed by atoms with van der Waals surface area (Å²) in [7, 11) is 1.24. The number of allylic oxidation sites excluding steroid dienone is 5. The van der Waals surface area contributed by atoms with E-state index in [1.807, 2.05) is 27.2 Å². The van der Waals surface area contributed by atoms with Gasteiger partial charge in [0.2, 0.25) is 5.91 Å². The van der Waals surface area contributed by atoms with Gasteiger partial charge in [0.15, 0.2) is 0 Å². The van der Waals surface area contributed by atoms with E-state index in [0.29, 0.717) is 17.4 Å². The average molecular weight is 699 g/mol. The number of hydrogen-bond acceptors (Lipinski definition) is 6. The Hall–Kier alpha value is -1.28. The summed E-state index contributed by atoms with van der Waals surface area (Å²) in [6.07, 6.45) is 36.1. The van der Waals surface area contributed by atoms with E-state index in [-0.39, 0.29) is 19.1 Å². The molecule has 0 radical (unpaired) electrons. The Kier molecular flexibility index (Phi) is 30.8. The quantitative estimate of drug-likeness (QED) is 0.0300. The first kappa shape index (κ1) is 46.7. The van der Waals surface area contributed by atoms with Crippen molar-refractivity contribution in [3.05, 3.63) is 36.5 Å². The molecule has 0 aromatic carbocycles. The van der Waals surface area contributed by atoms with E-state index in [1.54, 1.807) is 6.08 Å². The zero-order valence-corrected chi connectivity index (χ0v) is 32.6. The van der Waals surface area contributed by atoms with Gasteiger partial charge in [0.05, 0.1) is 39.9 Å². The van der Waals surface area contributed by atoms with Gasteiger partial charge in [-0.3, -0.25) is 9.36 Å². The van der Waals surface area contributed by atoms with E-state index in [1.165, 1.54) is 64.2 Å². The number of phosphoric ester groups is 1. The highest BCUT2D eigenvalue weighted by Gasteiger charge is 2.23. The topological polar surface area (TPSA) is 108 Å². The molecular weight excluding hydrogens is 623 g/mol. The van der Waals surface area contributed by atoms with Crippen molar-refractivity contribution in [1.29, 1.82) is 0 Å². The number of hydrogen-bond donors (Lipinski definition) is 2. The highest BCUT2D eigenvalue weighted by molar-refractivity contribution is 7.45. The SMILES string of the molecule is CCC/C=C\C/C=C\CCCCCCCC(=O)NC(COP(=O)([O-])OCC[N+](C)(C)C)C(O)/C=C/CCCCCCCCCCCCC. The number of carbonyl (C=O) groups is 1. The van der Waals surface area contributed by atoms with E-state index in [2.05, 4.69) is 43.5 Å². The summed E-state index contributed by atoms with van der Waals surface area (Å²) in [6.45, 7) is 4.54. The molecule has 0 spiro atoms. The lowest BCUT2D eigenvalue weighted by molar-refractivity contribution is -0.870. The van der Waals surface area contributed by atoms with Crippen LogP contribution >= 0.6 is 7.82 Å². The molecule has 282 valence electrons. The molecule has 1 amide bonds. The van der Waals surface area contributed by atoms with Crippen molar-refractivity contribution in [2.75, 3.05) is 40.9 Å². The number of carbonyl (C=O) groups excluding carboxylic acids is 1. The molecule has 0 aliphatic carbocycles. The van der Waals surface area contributed by atoms with Crippen LogP contribution in [-0.2, 0) is 18.4 Å². The summed E-state index contributed by atoms with van der Waals surface area (Å²) in [5.41, 5.74) is 0. The largest absolute Gasteiger partial charge is 0.756 e. The first-order chi connectivity index (χ1) is 23.0. The lowest BCUT2D eigenvalue weighted by Gasteiger charge is -2.29. The van der Waals surface area contributed by atoms with Crippen LogP contribution in [0.3, 0.4) is 0 Å². The fourth-order valence-electron chi connectivity index (χ4n) is 5.19. The number of nitrogens with one attached hydrogen (secondary N) is 1. The maximum Gasteiger partial charge on any atom is 0.268 e. The van der Waals surface area contributed by atoms with Crippen LogP contribution in [0.2, 0.25) is 0 Å². The Morgan fingerprint density at radius 2 is 1.25 bits per heavy atom. The Bertz CT molecular complexity index is 886. The lowest BCUT2D eigenvalue weighted by atomic mass is 10.0. The van der Waals surface area contributed by atoms with Crippen LogP contribution in [0.25, 0.3) is 0 Å². The summed E-state index contributed by atoms with van der Waals surface area (Å²) in [4.78, 5) is 25.1. The molecule has 0 fully saturated rings. The Morgan fingerprint density at radius 3 is 1.81 bits per heavy atom. The van der Waals surface area contributed by atoms with Crippen LogP contribution in [0.15, 0.2) is 36.5 Å². The van der Waals surface area contributed by atoms with Gasteiger partial charge in [-0.25, -0.2) is 0 Å². The maximum absolute atomic E-state index is 12.8. The van der Waals surface area contributed by atoms with Gasteiger partial charge in [-0.1, -0.05) is 140 Å². The molecular formula is C39H75N2O6P. The second kappa shape index (κ2) is 31.7. The number of likely N-dealkylation sites (N-methyl/N-ethyl adjacent to an activating group) is 1. The van der Waals surface area contributed by atoms with E-state index >= 15 is 0 Å². The van der Waals surface area contributed by atoms with Crippen molar-refractivity contribution in [3.8, 4) is 0 Å². The molecule has 3 atom stereocenters. The summed E-state index contributed by atoms with van der Waals surface area (Å²) in [5, 5.41) is 13.7. The van der Waals surface area contributed by atoms with Crippen LogP contribution in [0.4, 0.5) is 0 Å². The fourth-order valence-corrected chi connectivity index (χ4v) is 5.91. The number of rotatable bonds is 34. The average Bonchev–Trinajstić information content (AvgIpc) is 3.02. The normalized spacial score (nSPS) is 15.1. The van der Waals surface area contributed by atoms with Crippen LogP contribution in [0.1, 0.15) is 155 Å². The van der Waals surface area contributed by atoms with Crippen molar-refractivity contribution < 1.29 is 32.9 Å². The summed E-state index contributed by atoms with van der Waals surface area (Å²) >= 11 is 0. The Balaban J connectivity index is 4.57. The first-order valence-electron chi connectivity index (χ1n) is 19.4. The monoisotopic (exact) mass is 699 g/mol. The number of phosphoric acid groups is 1. The van der Waals surface area contributed by atoms with Crippen molar-refractivity contribution in [3.63, 3.8) is 0 Å². The standard InChI is InChI=1S/C39H75N2O6P/c1-6-8-10-12-14-16-18-20-22-24-26-28-30-32-38(42)37(36-47-48(44,45)46-35-34-41(3,4)5)40-39(43)33-31-29-27-25-23-21-19-17-15-13-11-9-7-2/h11,13,17,19,30,32,37-38,42H,6-10,12,14-16,18,20-29,31,33-36H2,1-5H3,(H-,40,43,44,45)/b13-11-,19-17-,32-30+. The molecule has 8 nitrogen and oxygen atoms in total. The predicted molar refractivity (Wildman–Crippen MR) is 201 cm³/mol. The molecule has 48 heavy (non-hydrogen) atoms. The van der Waals surface area contributed by atoms with E-state index < -0.39 is 20.0 Å². The van der Waals surface area contributed by atoms with Crippen molar-refractivity contribution >= 4 is 13.7 Å². The van der Waals surface area contributed by atoms with Crippen LogP contribution < -0.4 is 10.2 Å². The zero-order valence-electron chi connectivity index (χ0n) is 31.7. The second-order valence-electron chi connectivity index (χ2n) is 14.3. The van der Waals surface area contributed by atoms with Gasteiger partial charge >= 0.3 is 0 Å². The highest BCUT2D eigenvalue weighted by atomic mass is 31.2. The summed E-state index contributed by atoms with van der Waals surface area (Å²) in [6, 6.07) is -0.890. The van der Waals surface area contributed by atoms with Crippen molar-refractivity contribution in [2.24, 2.45) is 0 Å².